The van der Waals surface area contributed by atoms with Gasteiger partial charge in [0.25, 0.3) is 0 Å². The molecule has 2 fully saturated rings. The maximum absolute atomic E-state index is 12.8. The van der Waals surface area contributed by atoms with Crippen molar-refractivity contribution in [3.8, 4) is 11.1 Å². The van der Waals surface area contributed by atoms with E-state index in [0.29, 0.717) is 12.6 Å². The second kappa shape index (κ2) is 8.93. The zero-order valence-corrected chi connectivity index (χ0v) is 18.9. The lowest BCUT2D eigenvalue weighted by atomic mass is 10.0. The Labute approximate surface area is 187 Å². The Kier molecular flexibility index (Phi) is 5.87. The van der Waals surface area contributed by atoms with E-state index in [1.807, 2.05) is 6.07 Å². The molecule has 1 amide bonds. The Bertz CT molecular complexity index is 1040. The van der Waals surface area contributed by atoms with Crippen LogP contribution in [0, 0.1) is 0 Å². The van der Waals surface area contributed by atoms with Crippen molar-refractivity contribution in [2.45, 2.75) is 32.2 Å². The van der Waals surface area contributed by atoms with Crippen LogP contribution in [0.5, 0.6) is 0 Å². The van der Waals surface area contributed by atoms with Gasteiger partial charge in [-0.25, -0.2) is 9.97 Å². The molecule has 0 radical (unpaired) electrons. The van der Waals surface area contributed by atoms with Crippen LogP contribution in [0.2, 0.25) is 0 Å². The highest BCUT2D eigenvalue weighted by Gasteiger charge is 2.27. The van der Waals surface area contributed by atoms with Crippen LogP contribution in [-0.2, 0) is 4.79 Å². The second-order valence-electron chi connectivity index (χ2n) is 8.59. The van der Waals surface area contributed by atoms with Gasteiger partial charge in [-0.1, -0.05) is 30.3 Å². The summed E-state index contributed by atoms with van der Waals surface area (Å²) in [4.78, 5) is 29.8. The van der Waals surface area contributed by atoms with Crippen molar-refractivity contribution in [2.75, 3.05) is 44.2 Å². The first-order chi connectivity index (χ1) is 15.2. The molecule has 3 aromatic rings. The van der Waals surface area contributed by atoms with E-state index < -0.39 is 0 Å². The van der Waals surface area contributed by atoms with Gasteiger partial charge in [0.2, 0.25) is 5.91 Å². The molecule has 0 saturated carbocycles. The summed E-state index contributed by atoms with van der Waals surface area (Å²) in [6.45, 7) is 7.14. The SMILES string of the molecule is CC1CCCCN1C(=O)CN1CCN(c2ncnc3scc(-c4ccccc4)c23)CC1. The molecule has 0 spiro atoms. The van der Waals surface area contributed by atoms with Gasteiger partial charge in [0.1, 0.15) is 17.0 Å². The predicted octanol–water partition coefficient (Wildman–Crippen LogP) is 3.88. The maximum Gasteiger partial charge on any atom is 0.236 e. The van der Waals surface area contributed by atoms with Crippen LogP contribution >= 0.6 is 11.3 Å². The van der Waals surface area contributed by atoms with Crippen LogP contribution in [0.3, 0.4) is 0 Å². The highest BCUT2D eigenvalue weighted by Crippen LogP contribution is 2.37. The molecule has 162 valence electrons. The normalized spacial score (nSPS) is 20.4. The molecular weight excluding hydrogens is 406 g/mol. The molecule has 5 rings (SSSR count). The summed E-state index contributed by atoms with van der Waals surface area (Å²) in [6, 6.07) is 10.8. The number of amides is 1. The summed E-state index contributed by atoms with van der Waals surface area (Å²) in [6.07, 6.45) is 5.19. The summed E-state index contributed by atoms with van der Waals surface area (Å²) in [5, 5.41) is 3.33. The van der Waals surface area contributed by atoms with Crippen LogP contribution in [0.4, 0.5) is 5.82 Å². The molecule has 1 unspecified atom stereocenters. The Morgan fingerprint density at radius 2 is 1.87 bits per heavy atom. The van der Waals surface area contributed by atoms with Crippen molar-refractivity contribution >= 4 is 33.3 Å². The second-order valence-corrected chi connectivity index (χ2v) is 9.45. The molecule has 31 heavy (non-hydrogen) atoms. The number of hydrogen-bond donors (Lipinski definition) is 0. The van der Waals surface area contributed by atoms with E-state index in [-0.39, 0.29) is 5.91 Å². The van der Waals surface area contributed by atoms with E-state index in [9.17, 15) is 4.79 Å². The highest BCUT2D eigenvalue weighted by atomic mass is 32.1. The minimum absolute atomic E-state index is 0.286. The first kappa shape index (κ1) is 20.4. The number of hydrogen-bond acceptors (Lipinski definition) is 6. The topological polar surface area (TPSA) is 52.6 Å². The first-order valence-electron chi connectivity index (χ1n) is 11.2. The summed E-state index contributed by atoms with van der Waals surface area (Å²) in [7, 11) is 0. The number of carbonyl (C=O) groups excluding carboxylic acids is 1. The number of nitrogens with zero attached hydrogens (tertiary/aromatic N) is 5. The van der Waals surface area contributed by atoms with Gasteiger partial charge < -0.3 is 9.80 Å². The fraction of sp³-hybridized carbons (Fsp3) is 0.458. The van der Waals surface area contributed by atoms with E-state index in [1.165, 1.54) is 17.5 Å². The third kappa shape index (κ3) is 4.16. The van der Waals surface area contributed by atoms with Crippen molar-refractivity contribution < 1.29 is 4.79 Å². The van der Waals surface area contributed by atoms with E-state index in [2.05, 4.69) is 61.2 Å². The number of anilines is 1. The van der Waals surface area contributed by atoms with Crippen LogP contribution < -0.4 is 4.90 Å². The minimum Gasteiger partial charge on any atom is -0.353 e. The number of piperazine rings is 1. The molecule has 7 heteroatoms. The molecule has 0 bridgehead atoms. The lowest BCUT2D eigenvalue weighted by Crippen LogP contribution is -2.52. The van der Waals surface area contributed by atoms with Gasteiger partial charge in [0.15, 0.2) is 0 Å². The van der Waals surface area contributed by atoms with Gasteiger partial charge in [-0.05, 0) is 31.7 Å². The molecule has 0 aliphatic carbocycles. The quantitative estimate of drug-likeness (QED) is 0.623. The Morgan fingerprint density at radius 3 is 2.65 bits per heavy atom. The number of fused-ring (bicyclic) bond motifs is 1. The average Bonchev–Trinajstić information content (AvgIpc) is 3.25. The van der Waals surface area contributed by atoms with Gasteiger partial charge in [-0.3, -0.25) is 9.69 Å². The van der Waals surface area contributed by atoms with Gasteiger partial charge in [0, 0.05) is 49.7 Å². The van der Waals surface area contributed by atoms with E-state index in [1.54, 1.807) is 17.7 Å². The van der Waals surface area contributed by atoms with Crippen molar-refractivity contribution in [2.24, 2.45) is 0 Å². The minimum atomic E-state index is 0.286. The fourth-order valence-corrected chi connectivity index (χ4v) is 5.71. The van der Waals surface area contributed by atoms with Crippen LogP contribution in [0.15, 0.2) is 42.0 Å². The van der Waals surface area contributed by atoms with Crippen LogP contribution in [0.25, 0.3) is 21.3 Å². The Hall–Kier alpha value is -2.51. The molecule has 0 N–H and O–H groups in total. The van der Waals surface area contributed by atoms with Gasteiger partial charge in [-0.2, -0.15) is 0 Å². The summed E-state index contributed by atoms with van der Waals surface area (Å²) >= 11 is 1.67. The van der Waals surface area contributed by atoms with Crippen molar-refractivity contribution in [3.05, 3.63) is 42.0 Å². The monoisotopic (exact) mass is 435 g/mol. The maximum atomic E-state index is 12.8. The highest BCUT2D eigenvalue weighted by molar-refractivity contribution is 7.17. The first-order valence-corrected chi connectivity index (χ1v) is 12.1. The summed E-state index contributed by atoms with van der Waals surface area (Å²) in [5.74, 6) is 1.30. The molecule has 2 aliphatic heterocycles. The third-order valence-electron chi connectivity index (χ3n) is 6.59. The molecule has 6 nitrogen and oxygen atoms in total. The lowest BCUT2D eigenvalue weighted by Gasteiger charge is -2.38. The molecule has 2 aromatic heterocycles. The number of carbonyl (C=O) groups is 1. The predicted molar refractivity (Wildman–Crippen MR) is 127 cm³/mol. The van der Waals surface area contributed by atoms with Gasteiger partial charge in [0.05, 0.1) is 11.9 Å². The van der Waals surface area contributed by atoms with Crippen molar-refractivity contribution in [1.82, 2.24) is 19.8 Å². The zero-order chi connectivity index (χ0) is 21.2. The number of rotatable bonds is 4. The Morgan fingerprint density at radius 1 is 1.06 bits per heavy atom. The molecule has 2 saturated heterocycles. The van der Waals surface area contributed by atoms with Crippen molar-refractivity contribution in [3.63, 3.8) is 0 Å². The number of piperidine rings is 1. The summed E-state index contributed by atoms with van der Waals surface area (Å²) < 4.78 is 0. The van der Waals surface area contributed by atoms with Gasteiger partial charge >= 0.3 is 0 Å². The van der Waals surface area contributed by atoms with Crippen LogP contribution in [0.1, 0.15) is 26.2 Å². The standard InChI is InChI=1S/C24H29N5OS/c1-18-7-5-6-10-29(18)21(30)15-27-11-13-28(14-12-27)23-22-20(19-8-3-2-4-9-19)16-31-24(22)26-17-25-23/h2-4,8-9,16-18H,5-7,10-15H2,1H3. The molecule has 1 aromatic carbocycles. The van der Waals surface area contributed by atoms with Crippen LogP contribution in [-0.4, -0.2) is 71.0 Å². The molecule has 2 aliphatic rings. The van der Waals surface area contributed by atoms with Gasteiger partial charge in [-0.15, -0.1) is 11.3 Å². The number of aromatic nitrogens is 2. The smallest absolute Gasteiger partial charge is 0.236 e. The average molecular weight is 436 g/mol. The Balaban J connectivity index is 1.30. The summed E-state index contributed by atoms with van der Waals surface area (Å²) in [5.41, 5.74) is 2.40. The molecular formula is C24H29N5OS. The molecule has 1 atom stereocenters. The number of benzene rings is 1. The number of likely N-dealkylation sites (tertiary alicyclic amines) is 1. The third-order valence-corrected chi connectivity index (χ3v) is 7.48. The van der Waals surface area contributed by atoms with E-state index >= 15 is 0 Å². The largest absolute Gasteiger partial charge is 0.353 e. The molecule has 4 heterocycles. The number of thiophene rings is 1. The van der Waals surface area contributed by atoms with Crippen molar-refractivity contribution in [1.29, 1.82) is 0 Å². The van der Waals surface area contributed by atoms with E-state index in [0.717, 1.165) is 61.6 Å². The fourth-order valence-electron chi connectivity index (χ4n) is 4.80. The zero-order valence-electron chi connectivity index (χ0n) is 18.0. The lowest BCUT2D eigenvalue weighted by molar-refractivity contribution is -0.135. The van der Waals surface area contributed by atoms with E-state index in [4.69, 9.17) is 0 Å².